The summed E-state index contributed by atoms with van der Waals surface area (Å²) < 4.78 is 0. The van der Waals surface area contributed by atoms with E-state index in [9.17, 15) is 0 Å². The van der Waals surface area contributed by atoms with E-state index in [0.717, 1.165) is 12.8 Å². The first-order valence-electron chi connectivity index (χ1n) is 4.73. The number of hydrogen-bond acceptors (Lipinski definition) is 3. The van der Waals surface area contributed by atoms with E-state index < -0.39 is 6.92 Å². The maximum absolute atomic E-state index is 8.98. The van der Waals surface area contributed by atoms with E-state index >= 15 is 0 Å². The molecule has 0 aromatic heterocycles. The van der Waals surface area contributed by atoms with Crippen LogP contribution in [0.25, 0.3) is 0 Å². The summed E-state index contributed by atoms with van der Waals surface area (Å²) in [5, 5.41) is 0. The fourth-order valence-electron chi connectivity index (χ4n) is 1.14. The van der Waals surface area contributed by atoms with Gasteiger partial charge in [-0.1, -0.05) is 0 Å². The zero-order chi connectivity index (χ0) is 9.45. The van der Waals surface area contributed by atoms with Crippen LogP contribution >= 0.6 is 19.2 Å². The average molecular weight is 212 g/mol. The molecule has 4 heteroatoms. The van der Waals surface area contributed by atoms with Gasteiger partial charge in [-0.2, -0.15) is 0 Å². The third kappa shape index (κ3) is 10.7. The van der Waals surface area contributed by atoms with E-state index in [1.54, 1.807) is 0 Å². The number of rotatable bonds is 7. The first-order chi connectivity index (χ1) is 5.56. The van der Waals surface area contributed by atoms with Crippen molar-refractivity contribution in [2.75, 3.05) is 6.16 Å². The predicted octanol–water partition coefficient (Wildman–Crippen LogP) is 2.76. The Morgan fingerprint density at radius 1 is 1.00 bits per heavy atom. The summed E-state index contributed by atoms with van der Waals surface area (Å²) >= 11 is 3.75. The third-order valence-electron chi connectivity index (χ3n) is 1.87. The van der Waals surface area contributed by atoms with Crippen molar-refractivity contribution in [1.82, 2.24) is 0 Å². The quantitative estimate of drug-likeness (QED) is 0.345. The fourth-order valence-corrected chi connectivity index (χ4v) is 2.34. The minimum absolute atomic E-state index is 0.502. The molecule has 0 saturated heterocycles. The second-order valence-corrected chi connectivity index (χ2v) is 7.49. The van der Waals surface area contributed by atoms with Crippen molar-refractivity contribution >= 4 is 19.2 Å². The van der Waals surface area contributed by atoms with Gasteiger partial charge in [-0.05, 0) is 0 Å². The van der Waals surface area contributed by atoms with Crippen LogP contribution in [0.15, 0.2) is 0 Å². The van der Waals surface area contributed by atoms with Gasteiger partial charge >= 0.3 is 80.6 Å². The molecule has 0 atom stereocenters. The van der Waals surface area contributed by atoms with Gasteiger partial charge in [-0.3, -0.25) is 0 Å². The number of thiol groups is 1. The number of hydrogen-bond donors (Lipinski definition) is 3. The Morgan fingerprint density at radius 2 is 1.50 bits per heavy atom. The Bertz CT molecular complexity index is 104. The average Bonchev–Trinajstić information content (AvgIpc) is 1.94. The Morgan fingerprint density at radius 3 is 2.00 bits per heavy atom. The topological polar surface area (TPSA) is 40.5 Å². The van der Waals surface area contributed by atoms with Crippen LogP contribution in [0.4, 0.5) is 0 Å². The van der Waals surface area contributed by atoms with Gasteiger partial charge in [0, 0.05) is 0 Å². The molecule has 0 heterocycles. The van der Waals surface area contributed by atoms with Crippen molar-refractivity contribution in [1.29, 1.82) is 0 Å². The summed E-state index contributed by atoms with van der Waals surface area (Å²) in [5.74, 6) is 0. The molecule has 0 bridgehead atoms. The second-order valence-electron chi connectivity index (χ2n) is 3.29. The summed E-state index contributed by atoms with van der Waals surface area (Å²) in [6, 6.07) is 0. The van der Waals surface area contributed by atoms with Crippen molar-refractivity contribution in [2.24, 2.45) is 0 Å². The molecule has 12 heavy (non-hydrogen) atoms. The van der Waals surface area contributed by atoms with Gasteiger partial charge in [-0.25, -0.2) is 0 Å². The Hall–Kier alpha value is 0.700. The summed E-state index contributed by atoms with van der Waals surface area (Å²) in [5.41, 5.74) is 0. The van der Waals surface area contributed by atoms with E-state index in [1.165, 1.54) is 25.7 Å². The Labute approximate surface area is 81.0 Å². The monoisotopic (exact) mass is 212 g/mol. The molecule has 0 aliphatic carbocycles. The summed E-state index contributed by atoms with van der Waals surface area (Å²) in [6.07, 6.45) is 7.55. The molecular weight excluding hydrogens is 191 g/mol. The molecule has 0 spiro atoms. The van der Waals surface area contributed by atoms with E-state index in [4.69, 9.17) is 9.79 Å². The second kappa shape index (κ2) is 7.14. The predicted molar refractivity (Wildman–Crippen MR) is 60.0 cm³/mol. The third-order valence-corrected chi connectivity index (χ3v) is 3.56. The Balaban J connectivity index is 3.01. The van der Waals surface area contributed by atoms with Gasteiger partial charge in [0.05, 0.1) is 0 Å². The zero-order valence-corrected chi connectivity index (χ0v) is 9.69. The van der Waals surface area contributed by atoms with Crippen LogP contribution in [0.2, 0.25) is 0 Å². The summed E-state index contributed by atoms with van der Waals surface area (Å²) in [4.78, 5) is 18.0. The molecule has 0 amide bonds. The molecule has 0 saturated carbocycles. The van der Waals surface area contributed by atoms with Crippen molar-refractivity contribution in [3.8, 4) is 0 Å². The van der Waals surface area contributed by atoms with Gasteiger partial charge in [-0.15, -0.1) is 0 Å². The van der Waals surface area contributed by atoms with Gasteiger partial charge < -0.3 is 0 Å². The van der Waals surface area contributed by atoms with Crippen LogP contribution in [0.1, 0.15) is 45.4 Å². The SMILES string of the molecule is CCCCCCCC[PH](O)(O)S. The molecule has 0 aliphatic heterocycles. The van der Waals surface area contributed by atoms with Crippen LogP contribution in [0.5, 0.6) is 0 Å². The van der Waals surface area contributed by atoms with Crippen molar-refractivity contribution in [3.63, 3.8) is 0 Å². The fraction of sp³-hybridized carbons (Fsp3) is 1.00. The molecular formula is C8H21O2PS. The summed E-state index contributed by atoms with van der Waals surface area (Å²) in [6.45, 7) is -0.844. The molecule has 76 valence electrons. The first-order valence-corrected chi connectivity index (χ1v) is 8.12. The molecule has 0 aliphatic rings. The van der Waals surface area contributed by atoms with Crippen molar-refractivity contribution in [3.05, 3.63) is 0 Å². The van der Waals surface area contributed by atoms with Crippen LogP contribution in [0.3, 0.4) is 0 Å². The minimum atomic E-state index is -3.03. The number of unbranched alkanes of at least 4 members (excludes halogenated alkanes) is 5. The van der Waals surface area contributed by atoms with Crippen molar-refractivity contribution < 1.29 is 9.79 Å². The normalized spacial score (nSPS) is 13.3. The summed E-state index contributed by atoms with van der Waals surface area (Å²) in [7, 11) is 0. The van der Waals surface area contributed by atoms with E-state index in [1.807, 2.05) is 0 Å². The van der Waals surface area contributed by atoms with Gasteiger partial charge in [0.25, 0.3) is 0 Å². The molecule has 0 radical (unpaired) electrons. The zero-order valence-electron chi connectivity index (χ0n) is 7.79. The molecule has 2 N–H and O–H groups in total. The molecule has 0 aromatic rings. The van der Waals surface area contributed by atoms with Crippen LogP contribution in [0, 0.1) is 0 Å². The molecule has 2 nitrogen and oxygen atoms in total. The Kier molecular flexibility index (Phi) is 7.55. The van der Waals surface area contributed by atoms with Crippen LogP contribution < -0.4 is 0 Å². The van der Waals surface area contributed by atoms with E-state index in [2.05, 4.69) is 19.2 Å². The van der Waals surface area contributed by atoms with Crippen LogP contribution in [-0.4, -0.2) is 15.9 Å². The first kappa shape index (κ1) is 12.7. The van der Waals surface area contributed by atoms with E-state index in [0.29, 0.717) is 6.16 Å². The molecule has 0 unspecified atom stereocenters. The van der Waals surface area contributed by atoms with Gasteiger partial charge in [0.2, 0.25) is 0 Å². The molecule has 0 fully saturated rings. The van der Waals surface area contributed by atoms with Crippen LogP contribution in [-0.2, 0) is 0 Å². The van der Waals surface area contributed by atoms with E-state index in [-0.39, 0.29) is 0 Å². The van der Waals surface area contributed by atoms with Gasteiger partial charge in [0.1, 0.15) is 0 Å². The van der Waals surface area contributed by atoms with Crippen molar-refractivity contribution in [2.45, 2.75) is 45.4 Å². The standard InChI is InChI=1S/C8H21O2PS/c1-2-3-4-5-6-7-8-11(9,10)12/h9-12H,2-8H2,1H3. The molecule has 0 rings (SSSR count). The molecule has 0 aromatic carbocycles. The maximum atomic E-state index is 8.98. The van der Waals surface area contributed by atoms with Gasteiger partial charge in [0.15, 0.2) is 0 Å².